The number of fused-ring (bicyclic) bond motifs is 1. The number of nitrogens with one attached hydrogen (secondary N) is 1. The zero-order valence-corrected chi connectivity index (χ0v) is 17.6. The van der Waals surface area contributed by atoms with Crippen molar-refractivity contribution in [2.75, 3.05) is 19.0 Å². The average Bonchev–Trinajstić information content (AvgIpc) is 2.82. The van der Waals surface area contributed by atoms with E-state index in [4.69, 9.17) is 9.47 Å². The van der Waals surface area contributed by atoms with Gasteiger partial charge in [-0.3, -0.25) is 14.2 Å². The summed E-state index contributed by atoms with van der Waals surface area (Å²) in [4.78, 5) is 38.1. The van der Waals surface area contributed by atoms with Crippen molar-refractivity contribution in [1.82, 2.24) is 19.5 Å². The van der Waals surface area contributed by atoms with E-state index in [0.717, 1.165) is 17.1 Å². The molecule has 0 saturated carbocycles. The van der Waals surface area contributed by atoms with E-state index in [2.05, 4.69) is 20.3 Å². The van der Waals surface area contributed by atoms with Gasteiger partial charge in [0.25, 0.3) is 5.56 Å². The molecule has 1 amide bonds. The number of ether oxygens (including phenoxy) is 2. The number of aromatic nitrogens is 4. The zero-order valence-electron chi connectivity index (χ0n) is 17.6. The maximum absolute atomic E-state index is 12.8. The Kier molecular flexibility index (Phi) is 6.07. The third kappa shape index (κ3) is 4.56. The van der Waals surface area contributed by atoms with Crippen LogP contribution in [0, 0.1) is 0 Å². The molecule has 0 saturated heterocycles. The number of anilines is 1. The van der Waals surface area contributed by atoms with Crippen LogP contribution in [0.1, 0.15) is 6.92 Å². The summed E-state index contributed by atoms with van der Waals surface area (Å²) in [5.41, 5.74) is 1.25. The molecule has 9 heteroatoms. The highest BCUT2D eigenvalue weighted by Crippen LogP contribution is 2.20. The van der Waals surface area contributed by atoms with E-state index in [0.29, 0.717) is 18.1 Å². The van der Waals surface area contributed by atoms with Gasteiger partial charge >= 0.3 is 0 Å². The van der Waals surface area contributed by atoms with Gasteiger partial charge in [0.1, 0.15) is 29.8 Å². The molecule has 4 aromatic rings. The molecule has 1 N–H and O–H groups in total. The molecule has 4 rings (SSSR count). The Bertz CT molecular complexity index is 1300. The van der Waals surface area contributed by atoms with Crippen LogP contribution in [0.25, 0.3) is 22.4 Å². The van der Waals surface area contributed by atoms with Gasteiger partial charge in [-0.05, 0) is 55.5 Å². The van der Waals surface area contributed by atoms with Gasteiger partial charge in [-0.2, -0.15) is 0 Å². The highest BCUT2D eigenvalue weighted by Gasteiger charge is 2.12. The highest BCUT2D eigenvalue weighted by atomic mass is 16.5. The predicted molar refractivity (Wildman–Crippen MR) is 120 cm³/mol. The normalized spacial score (nSPS) is 10.7. The Hall–Kier alpha value is -4.27. The maximum Gasteiger partial charge on any atom is 0.264 e. The number of nitrogens with zero attached hydrogens (tertiary/aromatic N) is 4. The van der Waals surface area contributed by atoms with Crippen LogP contribution in [0.2, 0.25) is 0 Å². The van der Waals surface area contributed by atoms with E-state index in [1.54, 1.807) is 43.5 Å². The van der Waals surface area contributed by atoms with Crippen LogP contribution in [-0.4, -0.2) is 39.1 Å². The molecule has 32 heavy (non-hydrogen) atoms. The number of methoxy groups -OCH3 is 1. The van der Waals surface area contributed by atoms with Crippen LogP contribution >= 0.6 is 0 Å². The summed E-state index contributed by atoms with van der Waals surface area (Å²) in [6.07, 6.45) is 2.74. The Morgan fingerprint density at radius 2 is 1.75 bits per heavy atom. The van der Waals surface area contributed by atoms with Crippen molar-refractivity contribution in [2.45, 2.75) is 13.5 Å². The molecule has 9 nitrogen and oxygen atoms in total. The van der Waals surface area contributed by atoms with E-state index in [-0.39, 0.29) is 23.5 Å². The number of rotatable bonds is 7. The Balaban J connectivity index is 1.51. The van der Waals surface area contributed by atoms with Crippen molar-refractivity contribution in [3.8, 4) is 22.9 Å². The van der Waals surface area contributed by atoms with Crippen LogP contribution in [0.5, 0.6) is 11.5 Å². The summed E-state index contributed by atoms with van der Waals surface area (Å²) < 4.78 is 11.8. The zero-order chi connectivity index (χ0) is 22.5. The first-order valence-corrected chi connectivity index (χ1v) is 9.96. The molecule has 0 unspecified atom stereocenters. The largest absolute Gasteiger partial charge is 0.497 e. The molecule has 0 fully saturated rings. The lowest BCUT2D eigenvalue weighted by Gasteiger charge is -2.09. The minimum atomic E-state index is -0.391. The van der Waals surface area contributed by atoms with Gasteiger partial charge in [-0.25, -0.2) is 15.0 Å². The van der Waals surface area contributed by atoms with Gasteiger partial charge in [0.05, 0.1) is 13.7 Å². The molecule has 0 atom stereocenters. The molecule has 0 bridgehead atoms. The smallest absolute Gasteiger partial charge is 0.264 e. The third-order valence-corrected chi connectivity index (χ3v) is 4.69. The number of amides is 1. The van der Waals surface area contributed by atoms with E-state index in [1.807, 2.05) is 19.1 Å². The number of hydrogen-bond acceptors (Lipinski definition) is 7. The fraction of sp³-hybridized carbons (Fsp3) is 0.174. The van der Waals surface area contributed by atoms with Crippen molar-refractivity contribution in [3.63, 3.8) is 0 Å². The van der Waals surface area contributed by atoms with E-state index in [9.17, 15) is 9.59 Å². The van der Waals surface area contributed by atoms with Crippen LogP contribution in [0.3, 0.4) is 0 Å². The quantitative estimate of drug-likeness (QED) is 0.479. The van der Waals surface area contributed by atoms with Gasteiger partial charge in [0, 0.05) is 17.4 Å². The van der Waals surface area contributed by atoms with Crippen molar-refractivity contribution >= 4 is 22.6 Å². The summed E-state index contributed by atoms with van der Waals surface area (Å²) in [5, 5.41) is 2.99. The molecule has 2 aromatic carbocycles. The first-order valence-electron chi connectivity index (χ1n) is 9.96. The van der Waals surface area contributed by atoms with Crippen molar-refractivity contribution in [3.05, 3.63) is 71.4 Å². The minimum Gasteiger partial charge on any atom is -0.497 e. The summed E-state index contributed by atoms with van der Waals surface area (Å²) >= 11 is 0. The highest BCUT2D eigenvalue weighted by molar-refractivity contribution is 5.90. The predicted octanol–water partition coefficient (Wildman–Crippen LogP) is 2.90. The fourth-order valence-corrected chi connectivity index (χ4v) is 3.10. The van der Waals surface area contributed by atoms with Gasteiger partial charge in [0.15, 0.2) is 11.5 Å². The Morgan fingerprint density at radius 3 is 2.44 bits per heavy atom. The van der Waals surface area contributed by atoms with E-state index >= 15 is 0 Å². The molecule has 2 aromatic heterocycles. The van der Waals surface area contributed by atoms with Crippen LogP contribution in [-0.2, 0) is 11.3 Å². The van der Waals surface area contributed by atoms with Gasteiger partial charge in [0.2, 0.25) is 5.91 Å². The van der Waals surface area contributed by atoms with Crippen LogP contribution in [0.4, 0.5) is 5.69 Å². The van der Waals surface area contributed by atoms with Crippen molar-refractivity contribution in [2.24, 2.45) is 0 Å². The summed E-state index contributed by atoms with van der Waals surface area (Å²) in [6.45, 7) is 2.28. The summed E-state index contributed by atoms with van der Waals surface area (Å²) in [6, 6.07) is 14.3. The number of carbonyl (C=O) groups excluding carboxylic acids is 1. The lowest BCUT2D eigenvalue weighted by Crippen LogP contribution is -2.28. The molecule has 0 aliphatic heterocycles. The second-order valence-electron chi connectivity index (χ2n) is 6.84. The first-order chi connectivity index (χ1) is 15.6. The second kappa shape index (κ2) is 9.25. The molecule has 0 aliphatic rings. The monoisotopic (exact) mass is 431 g/mol. The molecule has 0 spiro atoms. The first kappa shape index (κ1) is 21.0. The van der Waals surface area contributed by atoms with Crippen molar-refractivity contribution in [1.29, 1.82) is 0 Å². The fourth-order valence-electron chi connectivity index (χ4n) is 3.10. The Morgan fingerprint density at radius 1 is 1.03 bits per heavy atom. The van der Waals surface area contributed by atoms with Gasteiger partial charge < -0.3 is 14.8 Å². The molecule has 162 valence electrons. The van der Waals surface area contributed by atoms with Gasteiger partial charge in [-0.15, -0.1) is 0 Å². The number of carbonyl (C=O) groups is 1. The van der Waals surface area contributed by atoms with Crippen molar-refractivity contribution < 1.29 is 14.3 Å². The second-order valence-corrected chi connectivity index (χ2v) is 6.84. The molecule has 0 radical (unpaired) electrons. The minimum absolute atomic E-state index is 0.185. The number of benzene rings is 2. The van der Waals surface area contributed by atoms with E-state index < -0.39 is 5.56 Å². The summed E-state index contributed by atoms with van der Waals surface area (Å²) in [5.74, 6) is 1.53. The number of hydrogen-bond donors (Lipinski definition) is 1. The molecular formula is C23H21N5O4. The molecule has 0 aliphatic carbocycles. The molecular weight excluding hydrogens is 410 g/mol. The van der Waals surface area contributed by atoms with Crippen LogP contribution < -0.4 is 20.3 Å². The third-order valence-electron chi connectivity index (χ3n) is 4.69. The SMILES string of the molecule is CCOc1ccc(NC(=O)Cn2cnc3nc(-c4ccc(OC)cc4)ncc3c2=O)cc1. The summed E-state index contributed by atoms with van der Waals surface area (Å²) in [7, 11) is 1.59. The molecule has 2 heterocycles. The van der Waals surface area contributed by atoms with Crippen LogP contribution in [0.15, 0.2) is 65.8 Å². The Labute approximate surface area is 183 Å². The van der Waals surface area contributed by atoms with Gasteiger partial charge in [-0.1, -0.05) is 0 Å². The lowest BCUT2D eigenvalue weighted by molar-refractivity contribution is -0.116. The average molecular weight is 431 g/mol. The topological polar surface area (TPSA) is 108 Å². The van der Waals surface area contributed by atoms with E-state index in [1.165, 1.54) is 17.1 Å². The lowest BCUT2D eigenvalue weighted by atomic mass is 10.2. The maximum atomic E-state index is 12.8. The standard InChI is InChI=1S/C23H21N5O4/c1-3-32-18-10-6-16(7-11-18)26-20(29)13-28-14-25-22-19(23(28)30)12-24-21(27-22)15-4-8-17(31-2)9-5-15/h4-12,14H,3,13H2,1-2H3,(H,26,29).